The number of aryl methyl sites for hydroxylation is 1. The molecule has 0 aliphatic heterocycles. The SMILES string of the molecule is CC(C)(O)c1nc(CO)c([S@](=O)(=NC(=O)Nc2c3c(nc4c2CCC4(C)C)CCC3)NC#N)s1. The zero-order valence-electron chi connectivity index (χ0n) is 19.6. The molecule has 0 fully saturated rings. The van der Waals surface area contributed by atoms with E-state index in [0.717, 1.165) is 66.0 Å². The van der Waals surface area contributed by atoms with Gasteiger partial charge in [-0.1, -0.05) is 13.8 Å². The summed E-state index contributed by atoms with van der Waals surface area (Å²) in [4.78, 5) is 22.1. The van der Waals surface area contributed by atoms with Gasteiger partial charge in [-0.15, -0.1) is 15.7 Å². The fraction of sp³-hybridized carbons (Fsp3) is 0.545. The van der Waals surface area contributed by atoms with E-state index in [0.29, 0.717) is 5.69 Å². The molecule has 2 amide bonds. The Bertz CT molecular complexity index is 1330. The lowest BCUT2D eigenvalue weighted by atomic mass is 9.90. The van der Waals surface area contributed by atoms with Crippen LogP contribution < -0.4 is 10.0 Å². The number of aliphatic hydroxyl groups excluding tert-OH is 1. The molecule has 4 rings (SSSR count). The minimum absolute atomic E-state index is 0.0149. The molecule has 0 bridgehead atoms. The summed E-state index contributed by atoms with van der Waals surface area (Å²) in [5, 5.41) is 32.3. The topological polar surface area (TPSA) is 161 Å². The number of rotatable bonds is 5. The number of nitrogens with one attached hydrogen (secondary N) is 2. The van der Waals surface area contributed by atoms with E-state index in [1.54, 1.807) is 6.19 Å². The molecule has 12 heteroatoms. The van der Waals surface area contributed by atoms with Gasteiger partial charge in [0.05, 0.1) is 23.7 Å². The highest BCUT2D eigenvalue weighted by atomic mass is 32.2. The van der Waals surface area contributed by atoms with Gasteiger partial charge in [-0.2, -0.15) is 5.26 Å². The number of hydrogen-bond donors (Lipinski definition) is 4. The monoisotopic (exact) mass is 504 g/mol. The quantitative estimate of drug-likeness (QED) is 0.359. The highest BCUT2D eigenvalue weighted by Gasteiger charge is 2.37. The standard InChI is InChI=1S/C22H28N6O4S2/c1-21(2)9-8-13-16(12-6-5-7-14(12)25-17(13)21)27-20(30)28-34(32,24-11-23)18-15(10-29)26-19(33-18)22(3,4)31/h29,31H,5-10H2,1-4H3,(H2,24,25,27,28,30,32)/t34-/m1/s1. The number of carbonyl (C=O) groups excluding carboxylic acids is 1. The Morgan fingerprint density at radius 2 is 2.03 bits per heavy atom. The Morgan fingerprint density at radius 1 is 1.29 bits per heavy atom. The van der Waals surface area contributed by atoms with Gasteiger partial charge in [-0.05, 0) is 57.1 Å². The number of aromatic nitrogens is 2. The van der Waals surface area contributed by atoms with E-state index in [1.807, 2.05) is 0 Å². The molecule has 0 aromatic carbocycles. The summed E-state index contributed by atoms with van der Waals surface area (Å²) in [5.41, 5.74) is 3.10. The number of anilines is 1. The second-order valence-electron chi connectivity index (χ2n) is 9.71. The van der Waals surface area contributed by atoms with Crippen LogP contribution in [0.25, 0.3) is 0 Å². The number of carbonyl (C=O) groups is 1. The Labute approximate surface area is 202 Å². The van der Waals surface area contributed by atoms with Gasteiger partial charge in [0.15, 0.2) is 16.1 Å². The van der Waals surface area contributed by atoms with E-state index >= 15 is 0 Å². The predicted octanol–water partition coefficient (Wildman–Crippen LogP) is 3.01. The summed E-state index contributed by atoms with van der Waals surface area (Å²) in [6.07, 6.45) is 5.84. The highest BCUT2D eigenvalue weighted by molar-refractivity contribution is 7.94. The van der Waals surface area contributed by atoms with Crippen LogP contribution in [0.1, 0.15) is 73.8 Å². The summed E-state index contributed by atoms with van der Waals surface area (Å²) in [6, 6.07) is -0.873. The van der Waals surface area contributed by atoms with Crippen molar-refractivity contribution in [2.45, 2.75) is 81.6 Å². The van der Waals surface area contributed by atoms with E-state index in [9.17, 15) is 24.5 Å². The van der Waals surface area contributed by atoms with Crippen LogP contribution >= 0.6 is 11.3 Å². The summed E-state index contributed by atoms with van der Waals surface area (Å²) >= 11 is 0.832. The fourth-order valence-electron chi connectivity index (χ4n) is 4.47. The van der Waals surface area contributed by atoms with Gasteiger partial charge in [0.25, 0.3) is 0 Å². The number of pyridine rings is 1. The normalized spacial score (nSPS) is 17.9. The van der Waals surface area contributed by atoms with Gasteiger partial charge in [-0.3, -0.25) is 4.98 Å². The third-order valence-electron chi connectivity index (χ3n) is 6.18. The zero-order valence-corrected chi connectivity index (χ0v) is 21.2. The number of hydrogen-bond acceptors (Lipinski definition) is 8. The van der Waals surface area contributed by atoms with Crippen molar-refractivity contribution in [2.75, 3.05) is 5.32 Å². The lowest BCUT2D eigenvalue weighted by molar-refractivity contribution is 0.0779. The van der Waals surface area contributed by atoms with Crippen LogP contribution in [0.2, 0.25) is 0 Å². The first-order valence-electron chi connectivity index (χ1n) is 11.0. The highest BCUT2D eigenvalue weighted by Crippen LogP contribution is 2.44. The van der Waals surface area contributed by atoms with Crippen LogP contribution in [0.5, 0.6) is 0 Å². The van der Waals surface area contributed by atoms with Crippen molar-refractivity contribution in [3.63, 3.8) is 0 Å². The molecule has 0 unspecified atom stereocenters. The molecule has 0 saturated carbocycles. The summed E-state index contributed by atoms with van der Waals surface area (Å²) < 4.78 is 19.6. The Hall–Kier alpha value is -2.59. The van der Waals surface area contributed by atoms with Crippen LogP contribution in [-0.4, -0.2) is 30.4 Å². The molecular weight excluding hydrogens is 476 g/mol. The maximum Gasteiger partial charge on any atom is 0.355 e. The van der Waals surface area contributed by atoms with Gasteiger partial charge in [0, 0.05) is 11.1 Å². The van der Waals surface area contributed by atoms with Crippen LogP contribution in [0, 0.1) is 11.5 Å². The number of urea groups is 1. The molecule has 182 valence electrons. The Balaban J connectivity index is 1.78. The van der Waals surface area contributed by atoms with Crippen molar-refractivity contribution in [1.29, 1.82) is 5.26 Å². The van der Waals surface area contributed by atoms with Gasteiger partial charge >= 0.3 is 6.03 Å². The van der Waals surface area contributed by atoms with Gasteiger partial charge < -0.3 is 15.5 Å². The average Bonchev–Trinajstić information content (AvgIpc) is 3.45. The van der Waals surface area contributed by atoms with Crippen LogP contribution in [-0.2, 0) is 46.8 Å². The maximum atomic E-state index is 13.7. The molecule has 2 aliphatic rings. The van der Waals surface area contributed by atoms with E-state index in [2.05, 4.69) is 33.2 Å². The first-order chi connectivity index (χ1) is 15.9. The first-order valence-corrected chi connectivity index (χ1v) is 13.4. The number of thiazole rings is 1. The summed E-state index contributed by atoms with van der Waals surface area (Å²) in [7, 11) is -3.80. The second-order valence-corrected chi connectivity index (χ2v) is 12.8. The molecule has 2 aromatic heterocycles. The number of nitrogens with zero attached hydrogens (tertiary/aromatic N) is 4. The molecule has 1 atom stereocenters. The lowest BCUT2D eigenvalue weighted by Gasteiger charge is -2.20. The molecule has 2 aromatic rings. The van der Waals surface area contributed by atoms with Crippen molar-refractivity contribution in [2.24, 2.45) is 4.36 Å². The Morgan fingerprint density at radius 3 is 2.68 bits per heavy atom. The molecule has 0 radical (unpaired) electrons. The number of amides is 2. The summed E-state index contributed by atoms with van der Waals surface area (Å²) in [5.74, 6) is 0. The summed E-state index contributed by atoms with van der Waals surface area (Å²) in [6.45, 7) is 6.66. The minimum Gasteiger partial charge on any atom is -0.390 e. The third kappa shape index (κ3) is 4.29. The van der Waals surface area contributed by atoms with E-state index < -0.39 is 28.2 Å². The van der Waals surface area contributed by atoms with Crippen molar-refractivity contribution >= 4 is 33.0 Å². The van der Waals surface area contributed by atoms with Crippen molar-refractivity contribution in [3.8, 4) is 6.19 Å². The van der Waals surface area contributed by atoms with Crippen LogP contribution in [0.3, 0.4) is 0 Å². The second kappa shape index (κ2) is 8.57. The van der Waals surface area contributed by atoms with E-state index in [1.165, 1.54) is 13.8 Å². The van der Waals surface area contributed by atoms with Gasteiger partial charge in [-0.25, -0.2) is 18.7 Å². The molecule has 2 aliphatic carbocycles. The van der Waals surface area contributed by atoms with E-state index in [-0.39, 0.29) is 20.3 Å². The largest absolute Gasteiger partial charge is 0.390 e. The maximum absolute atomic E-state index is 13.7. The first kappa shape index (κ1) is 24.5. The fourth-order valence-corrected chi connectivity index (χ4v) is 7.26. The minimum atomic E-state index is -3.80. The molecule has 10 nitrogen and oxygen atoms in total. The van der Waals surface area contributed by atoms with E-state index in [4.69, 9.17) is 4.98 Å². The predicted molar refractivity (Wildman–Crippen MR) is 127 cm³/mol. The molecule has 2 heterocycles. The molecular formula is C22H28N6O4S2. The number of nitriles is 1. The van der Waals surface area contributed by atoms with Crippen molar-refractivity contribution in [3.05, 3.63) is 33.2 Å². The third-order valence-corrected chi connectivity index (χ3v) is 9.84. The average molecular weight is 505 g/mol. The van der Waals surface area contributed by atoms with Gasteiger partial charge in [0.1, 0.15) is 14.8 Å². The van der Waals surface area contributed by atoms with Crippen molar-refractivity contribution in [1.82, 2.24) is 14.7 Å². The Kier molecular flexibility index (Phi) is 6.18. The van der Waals surface area contributed by atoms with Crippen LogP contribution in [0.4, 0.5) is 10.5 Å². The van der Waals surface area contributed by atoms with Gasteiger partial charge in [0.2, 0.25) is 0 Å². The molecule has 34 heavy (non-hydrogen) atoms. The van der Waals surface area contributed by atoms with Crippen LogP contribution in [0.15, 0.2) is 8.57 Å². The number of fused-ring (bicyclic) bond motifs is 2. The molecule has 0 saturated heterocycles. The lowest BCUT2D eigenvalue weighted by Crippen LogP contribution is -2.23. The number of aliphatic hydroxyl groups is 2. The smallest absolute Gasteiger partial charge is 0.355 e. The van der Waals surface area contributed by atoms with Crippen molar-refractivity contribution < 1.29 is 19.2 Å². The molecule has 0 spiro atoms. The zero-order chi connectivity index (χ0) is 24.9. The molecule has 4 N–H and O–H groups in total.